The second kappa shape index (κ2) is 9.27. The maximum atomic E-state index is 12.4. The first-order valence-electron chi connectivity index (χ1n) is 9.73. The second-order valence-electron chi connectivity index (χ2n) is 6.83. The Kier molecular flexibility index (Phi) is 6.09. The summed E-state index contributed by atoms with van der Waals surface area (Å²) < 4.78 is 10.6. The summed E-state index contributed by atoms with van der Waals surface area (Å²) in [5, 5.41) is 9.54. The van der Waals surface area contributed by atoms with Crippen LogP contribution in [0.2, 0.25) is 0 Å². The van der Waals surface area contributed by atoms with E-state index in [1.165, 1.54) is 0 Å². The van der Waals surface area contributed by atoms with Crippen LogP contribution in [-0.4, -0.2) is 46.2 Å². The van der Waals surface area contributed by atoms with Crippen LogP contribution in [0.3, 0.4) is 0 Å². The minimum absolute atomic E-state index is 0.189. The first-order chi connectivity index (χ1) is 14.7. The number of anilines is 1. The number of pyridine rings is 1. The quantitative estimate of drug-likeness (QED) is 0.616. The Morgan fingerprint density at radius 3 is 2.93 bits per heavy atom. The molecule has 1 atom stereocenters. The highest BCUT2D eigenvalue weighted by Gasteiger charge is 2.23. The summed E-state index contributed by atoms with van der Waals surface area (Å²) in [5.74, 6) is 0.437. The van der Waals surface area contributed by atoms with Crippen molar-refractivity contribution in [3.63, 3.8) is 0 Å². The van der Waals surface area contributed by atoms with Gasteiger partial charge in [-0.25, -0.2) is 0 Å². The number of nitrogens with one attached hydrogen (secondary N) is 2. The van der Waals surface area contributed by atoms with E-state index in [2.05, 4.69) is 25.8 Å². The summed E-state index contributed by atoms with van der Waals surface area (Å²) in [7, 11) is 0. The molecule has 30 heavy (non-hydrogen) atoms. The number of rotatable bonds is 7. The van der Waals surface area contributed by atoms with Gasteiger partial charge in [-0.1, -0.05) is 11.2 Å². The molecule has 154 valence electrons. The highest BCUT2D eigenvalue weighted by atomic mass is 16.5. The molecule has 1 aromatic carbocycles. The van der Waals surface area contributed by atoms with Crippen molar-refractivity contribution in [3.05, 3.63) is 60.2 Å². The van der Waals surface area contributed by atoms with Gasteiger partial charge in [0.15, 0.2) is 0 Å². The van der Waals surface area contributed by atoms with Gasteiger partial charge in [0.1, 0.15) is 6.10 Å². The molecule has 9 heteroatoms. The molecule has 3 aromatic rings. The van der Waals surface area contributed by atoms with E-state index in [0.717, 1.165) is 12.0 Å². The monoisotopic (exact) mass is 407 g/mol. The lowest BCUT2D eigenvalue weighted by molar-refractivity contribution is -0.124. The van der Waals surface area contributed by atoms with Crippen LogP contribution >= 0.6 is 0 Å². The van der Waals surface area contributed by atoms with Crippen LogP contribution in [-0.2, 0) is 16.0 Å². The molecule has 3 heterocycles. The zero-order valence-corrected chi connectivity index (χ0v) is 16.2. The van der Waals surface area contributed by atoms with Gasteiger partial charge in [0.2, 0.25) is 11.7 Å². The molecule has 0 radical (unpaired) electrons. The number of ether oxygens (including phenoxy) is 1. The fourth-order valence-electron chi connectivity index (χ4n) is 3.10. The molecule has 9 nitrogen and oxygen atoms in total. The molecule has 0 spiro atoms. The molecule has 1 aliphatic rings. The average Bonchev–Trinajstić information content (AvgIpc) is 3.47. The number of hydrogen-bond donors (Lipinski definition) is 2. The number of hydrogen-bond acceptors (Lipinski definition) is 7. The SMILES string of the molecule is O=C(NCCc1nc(-c2cccnc2)no1)c1cccc(NC(=O)[C@@H]2CCCO2)c1. The zero-order valence-electron chi connectivity index (χ0n) is 16.2. The fourth-order valence-corrected chi connectivity index (χ4v) is 3.10. The van der Waals surface area contributed by atoms with Crippen LogP contribution < -0.4 is 10.6 Å². The van der Waals surface area contributed by atoms with E-state index in [1.54, 1.807) is 42.7 Å². The molecule has 1 aliphatic heterocycles. The highest BCUT2D eigenvalue weighted by Crippen LogP contribution is 2.17. The number of aromatic nitrogens is 3. The van der Waals surface area contributed by atoms with Gasteiger partial charge >= 0.3 is 0 Å². The van der Waals surface area contributed by atoms with Crippen molar-refractivity contribution < 1.29 is 18.8 Å². The third kappa shape index (κ3) is 4.87. The average molecular weight is 407 g/mol. The third-order valence-corrected chi connectivity index (χ3v) is 4.63. The molecular weight excluding hydrogens is 386 g/mol. The number of carbonyl (C=O) groups is 2. The minimum atomic E-state index is -0.423. The molecule has 0 saturated carbocycles. The van der Waals surface area contributed by atoms with E-state index >= 15 is 0 Å². The molecule has 2 N–H and O–H groups in total. The predicted octanol–water partition coefficient (Wildman–Crippen LogP) is 2.22. The summed E-state index contributed by atoms with van der Waals surface area (Å²) in [6.45, 7) is 0.935. The number of benzene rings is 1. The van der Waals surface area contributed by atoms with Crippen molar-refractivity contribution in [3.8, 4) is 11.4 Å². The van der Waals surface area contributed by atoms with E-state index in [0.29, 0.717) is 49.0 Å². The lowest BCUT2D eigenvalue weighted by Gasteiger charge is -2.11. The molecule has 1 fully saturated rings. The Morgan fingerprint density at radius 1 is 1.20 bits per heavy atom. The Hall–Kier alpha value is -3.59. The largest absolute Gasteiger partial charge is 0.368 e. The van der Waals surface area contributed by atoms with Crippen molar-refractivity contribution in [2.45, 2.75) is 25.4 Å². The van der Waals surface area contributed by atoms with Gasteiger partial charge in [0.25, 0.3) is 11.8 Å². The fraction of sp³-hybridized carbons (Fsp3) is 0.286. The third-order valence-electron chi connectivity index (χ3n) is 4.63. The van der Waals surface area contributed by atoms with Gasteiger partial charge in [0, 0.05) is 48.8 Å². The summed E-state index contributed by atoms with van der Waals surface area (Å²) in [4.78, 5) is 32.9. The Labute approximate surface area is 172 Å². The minimum Gasteiger partial charge on any atom is -0.368 e. The maximum absolute atomic E-state index is 12.4. The predicted molar refractivity (Wildman–Crippen MR) is 108 cm³/mol. The number of nitrogens with zero attached hydrogens (tertiary/aromatic N) is 3. The normalized spacial score (nSPS) is 15.7. The standard InChI is InChI=1S/C21H21N5O4/c27-20(14-4-1-6-16(12-14)24-21(28)17-7-3-11-29-17)23-10-8-18-25-19(26-30-18)15-5-2-9-22-13-15/h1-2,4-6,9,12-13,17H,3,7-8,10-11H2,(H,23,27)(H,24,28)/t17-/m0/s1. The van der Waals surface area contributed by atoms with Crippen molar-refractivity contribution in [1.29, 1.82) is 0 Å². The Balaban J connectivity index is 1.29. The summed E-state index contributed by atoms with van der Waals surface area (Å²) >= 11 is 0. The first kappa shape index (κ1) is 19.7. The molecule has 0 bridgehead atoms. The summed E-state index contributed by atoms with van der Waals surface area (Å²) in [6, 6.07) is 10.4. The van der Waals surface area contributed by atoms with Gasteiger partial charge in [-0.3, -0.25) is 14.6 Å². The van der Waals surface area contributed by atoms with Crippen molar-refractivity contribution in [2.24, 2.45) is 0 Å². The number of carbonyl (C=O) groups excluding carboxylic acids is 2. The van der Waals surface area contributed by atoms with Gasteiger partial charge in [-0.2, -0.15) is 4.98 Å². The highest BCUT2D eigenvalue weighted by molar-refractivity contribution is 5.98. The molecule has 4 rings (SSSR count). The molecule has 2 aromatic heterocycles. The molecular formula is C21H21N5O4. The van der Waals surface area contributed by atoms with E-state index in [4.69, 9.17) is 9.26 Å². The Morgan fingerprint density at radius 2 is 2.13 bits per heavy atom. The van der Waals surface area contributed by atoms with E-state index in [1.807, 2.05) is 6.07 Å². The lowest BCUT2D eigenvalue weighted by Crippen LogP contribution is -2.28. The Bertz CT molecular complexity index is 1020. The topological polar surface area (TPSA) is 119 Å². The van der Waals surface area contributed by atoms with Crippen LogP contribution in [0.5, 0.6) is 0 Å². The van der Waals surface area contributed by atoms with Crippen LogP contribution in [0.25, 0.3) is 11.4 Å². The van der Waals surface area contributed by atoms with Gasteiger partial charge in [-0.15, -0.1) is 0 Å². The zero-order chi connectivity index (χ0) is 20.8. The van der Waals surface area contributed by atoms with E-state index < -0.39 is 6.10 Å². The maximum Gasteiger partial charge on any atom is 0.253 e. The summed E-state index contributed by atoms with van der Waals surface area (Å²) in [5.41, 5.74) is 1.77. The lowest BCUT2D eigenvalue weighted by atomic mass is 10.1. The summed E-state index contributed by atoms with van der Waals surface area (Å²) in [6.07, 6.45) is 4.89. The molecule has 0 aliphatic carbocycles. The van der Waals surface area contributed by atoms with Crippen molar-refractivity contribution in [1.82, 2.24) is 20.4 Å². The molecule has 1 saturated heterocycles. The van der Waals surface area contributed by atoms with Crippen LogP contribution in [0.4, 0.5) is 5.69 Å². The van der Waals surface area contributed by atoms with Crippen molar-refractivity contribution in [2.75, 3.05) is 18.5 Å². The van der Waals surface area contributed by atoms with E-state index in [9.17, 15) is 9.59 Å². The first-order valence-corrected chi connectivity index (χ1v) is 9.73. The van der Waals surface area contributed by atoms with Crippen LogP contribution in [0.1, 0.15) is 29.1 Å². The number of amides is 2. The smallest absolute Gasteiger partial charge is 0.253 e. The van der Waals surface area contributed by atoms with Gasteiger partial charge in [0.05, 0.1) is 0 Å². The van der Waals surface area contributed by atoms with Gasteiger partial charge < -0.3 is 19.9 Å². The van der Waals surface area contributed by atoms with E-state index in [-0.39, 0.29) is 11.8 Å². The second-order valence-corrected chi connectivity index (χ2v) is 6.83. The van der Waals surface area contributed by atoms with Crippen LogP contribution in [0.15, 0.2) is 53.3 Å². The van der Waals surface area contributed by atoms with Crippen molar-refractivity contribution >= 4 is 17.5 Å². The molecule has 0 unspecified atom stereocenters. The van der Waals surface area contributed by atoms with Gasteiger partial charge in [-0.05, 0) is 43.2 Å². The van der Waals surface area contributed by atoms with Crippen LogP contribution in [0, 0.1) is 0 Å². The molecule has 2 amide bonds.